The zero-order valence-electron chi connectivity index (χ0n) is 12.7. The topological polar surface area (TPSA) is 45.5 Å². The molecule has 1 amide bonds. The van der Waals surface area contributed by atoms with Crippen LogP contribution in [0.4, 0.5) is 4.39 Å². The van der Waals surface area contributed by atoms with Gasteiger partial charge in [0, 0.05) is 36.7 Å². The third-order valence-corrected chi connectivity index (χ3v) is 4.93. The average Bonchev–Trinajstić information content (AvgIpc) is 3.10. The van der Waals surface area contributed by atoms with Crippen LogP contribution in [0.25, 0.3) is 0 Å². The monoisotopic (exact) mass is 334 g/mol. The summed E-state index contributed by atoms with van der Waals surface area (Å²) in [7, 11) is 0. The maximum absolute atomic E-state index is 13.7. The molecule has 1 aromatic heterocycles. The van der Waals surface area contributed by atoms with Crippen molar-refractivity contribution < 1.29 is 13.6 Å². The summed E-state index contributed by atoms with van der Waals surface area (Å²) in [5.41, 5.74) is 1.11. The van der Waals surface area contributed by atoms with Gasteiger partial charge in [-0.25, -0.2) is 4.39 Å². The third-order valence-electron chi connectivity index (χ3n) is 3.99. The molecular formula is C17H19FN2O2S. The highest BCUT2D eigenvalue weighted by Crippen LogP contribution is 2.24. The van der Waals surface area contributed by atoms with Gasteiger partial charge in [0.1, 0.15) is 5.82 Å². The van der Waals surface area contributed by atoms with Crippen molar-refractivity contribution in [1.82, 2.24) is 10.2 Å². The highest BCUT2D eigenvalue weighted by molar-refractivity contribution is 7.99. The van der Waals surface area contributed by atoms with Crippen molar-refractivity contribution in [2.24, 2.45) is 0 Å². The highest BCUT2D eigenvalue weighted by atomic mass is 32.2. The van der Waals surface area contributed by atoms with Crippen LogP contribution in [0, 0.1) is 5.82 Å². The lowest BCUT2D eigenvalue weighted by Gasteiger charge is -2.34. The maximum Gasteiger partial charge on any atom is 0.254 e. The van der Waals surface area contributed by atoms with E-state index in [1.165, 1.54) is 12.1 Å². The molecule has 0 spiro atoms. The van der Waals surface area contributed by atoms with Crippen molar-refractivity contribution in [3.63, 3.8) is 0 Å². The van der Waals surface area contributed by atoms with E-state index in [4.69, 9.17) is 4.42 Å². The Morgan fingerprint density at radius 2 is 2.09 bits per heavy atom. The Kier molecular flexibility index (Phi) is 5.35. The van der Waals surface area contributed by atoms with E-state index in [1.54, 1.807) is 24.7 Å². The average molecular weight is 334 g/mol. The van der Waals surface area contributed by atoms with Crippen LogP contribution >= 0.6 is 11.8 Å². The molecule has 1 saturated heterocycles. The first-order valence-electron chi connectivity index (χ1n) is 7.62. The first-order chi connectivity index (χ1) is 11.3. The summed E-state index contributed by atoms with van der Waals surface area (Å²) < 4.78 is 18.9. The first-order valence-corrected chi connectivity index (χ1v) is 8.78. The van der Waals surface area contributed by atoms with E-state index >= 15 is 0 Å². The Hall–Kier alpha value is -1.79. The lowest BCUT2D eigenvalue weighted by atomic mass is 10.1. The van der Waals surface area contributed by atoms with E-state index in [-0.39, 0.29) is 17.5 Å². The molecule has 0 aliphatic carbocycles. The summed E-state index contributed by atoms with van der Waals surface area (Å²) >= 11 is 1.93. The van der Waals surface area contributed by atoms with Gasteiger partial charge in [-0.3, -0.25) is 9.69 Å². The normalized spacial score (nSPS) is 16.9. The lowest BCUT2D eigenvalue weighted by molar-refractivity contribution is 0.0930. The predicted molar refractivity (Wildman–Crippen MR) is 89.1 cm³/mol. The Morgan fingerprint density at radius 1 is 1.30 bits per heavy atom. The molecule has 0 bridgehead atoms. The van der Waals surface area contributed by atoms with Crippen LogP contribution in [-0.2, 0) is 0 Å². The van der Waals surface area contributed by atoms with Crippen LogP contribution in [0.2, 0.25) is 0 Å². The summed E-state index contributed by atoms with van der Waals surface area (Å²) in [4.78, 5) is 14.6. The van der Waals surface area contributed by atoms with Gasteiger partial charge in [0.2, 0.25) is 0 Å². The van der Waals surface area contributed by atoms with E-state index in [2.05, 4.69) is 10.2 Å². The molecule has 2 aromatic rings. The van der Waals surface area contributed by atoms with Gasteiger partial charge in [-0.15, -0.1) is 0 Å². The van der Waals surface area contributed by atoms with Crippen molar-refractivity contribution in [3.05, 3.63) is 59.8 Å². The van der Waals surface area contributed by atoms with Gasteiger partial charge in [0.15, 0.2) is 0 Å². The molecule has 1 atom stereocenters. The second-order valence-electron chi connectivity index (χ2n) is 5.41. The van der Waals surface area contributed by atoms with Gasteiger partial charge in [-0.2, -0.15) is 11.8 Å². The number of rotatable bonds is 5. The summed E-state index contributed by atoms with van der Waals surface area (Å²) in [5.74, 6) is 1.27. The van der Waals surface area contributed by atoms with Gasteiger partial charge in [-0.1, -0.05) is 12.1 Å². The van der Waals surface area contributed by atoms with Crippen molar-refractivity contribution in [2.45, 2.75) is 6.04 Å². The number of carbonyl (C=O) groups is 1. The standard InChI is InChI=1S/C17H19FN2O2S/c18-15-4-2-1-3-14(15)17(21)19-11-16(13-5-8-22-12-13)20-6-9-23-10-7-20/h1-5,8,12,16H,6-7,9-11H2,(H,19,21)/t16-/m1/s1. The van der Waals surface area contributed by atoms with Crippen molar-refractivity contribution in [1.29, 1.82) is 0 Å². The lowest BCUT2D eigenvalue weighted by Crippen LogP contribution is -2.42. The van der Waals surface area contributed by atoms with E-state index in [0.29, 0.717) is 6.54 Å². The van der Waals surface area contributed by atoms with Crippen molar-refractivity contribution in [2.75, 3.05) is 31.1 Å². The van der Waals surface area contributed by atoms with Gasteiger partial charge in [0.05, 0.1) is 24.1 Å². The molecule has 4 nitrogen and oxygen atoms in total. The Bertz CT molecular complexity index is 642. The van der Waals surface area contributed by atoms with Crippen LogP contribution in [0.15, 0.2) is 47.3 Å². The molecule has 2 heterocycles. The molecule has 122 valence electrons. The quantitative estimate of drug-likeness (QED) is 0.913. The van der Waals surface area contributed by atoms with Gasteiger partial charge in [-0.05, 0) is 18.2 Å². The van der Waals surface area contributed by atoms with Crippen LogP contribution in [0.5, 0.6) is 0 Å². The van der Waals surface area contributed by atoms with Gasteiger partial charge in [0.25, 0.3) is 5.91 Å². The van der Waals surface area contributed by atoms with E-state index in [9.17, 15) is 9.18 Å². The largest absolute Gasteiger partial charge is 0.472 e. The SMILES string of the molecule is O=C(NC[C@H](c1ccoc1)N1CCSCC1)c1ccccc1F. The smallest absolute Gasteiger partial charge is 0.254 e. The minimum Gasteiger partial charge on any atom is -0.472 e. The fourth-order valence-electron chi connectivity index (χ4n) is 2.74. The number of nitrogens with zero attached hydrogens (tertiary/aromatic N) is 1. The molecule has 1 N–H and O–H groups in total. The van der Waals surface area contributed by atoms with E-state index < -0.39 is 5.82 Å². The second-order valence-corrected chi connectivity index (χ2v) is 6.64. The Labute approximate surface area is 139 Å². The number of hydrogen-bond donors (Lipinski definition) is 1. The van der Waals surface area contributed by atoms with Gasteiger partial charge < -0.3 is 9.73 Å². The van der Waals surface area contributed by atoms with Crippen LogP contribution in [0.1, 0.15) is 22.0 Å². The first kappa shape index (κ1) is 16.1. The highest BCUT2D eigenvalue weighted by Gasteiger charge is 2.24. The molecule has 1 aliphatic rings. The molecule has 0 saturated carbocycles. The van der Waals surface area contributed by atoms with Crippen molar-refractivity contribution >= 4 is 17.7 Å². The number of halogens is 1. The number of amides is 1. The number of nitrogens with one attached hydrogen (secondary N) is 1. The zero-order valence-corrected chi connectivity index (χ0v) is 13.5. The Morgan fingerprint density at radius 3 is 2.78 bits per heavy atom. The van der Waals surface area contributed by atoms with Crippen LogP contribution in [-0.4, -0.2) is 41.9 Å². The summed E-state index contributed by atoms with van der Waals surface area (Å²) in [6.07, 6.45) is 3.35. The molecule has 23 heavy (non-hydrogen) atoms. The zero-order chi connectivity index (χ0) is 16.1. The molecular weight excluding hydrogens is 315 g/mol. The van der Waals surface area contributed by atoms with Crippen LogP contribution < -0.4 is 5.32 Å². The number of benzene rings is 1. The summed E-state index contributed by atoms with van der Waals surface area (Å²) in [6.45, 7) is 2.36. The fraction of sp³-hybridized carbons (Fsp3) is 0.353. The minimum atomic E-state index is -0.501. The summed E-state index contributed by atoms with van der Waals surface area (Å²) in [6, 6.07) is 7.99. The molecule has 1 aromatic carbocycles. The molecule has 3 rings (SSSR count). The van der Waals surface area contributed by atoms with Crippen molar-refractivity contribution in [3.8, 4) is 0 Å². The number of thioether (sulfide) groups is 1. The maximum atomic E-state index is 13.7. The van der Waals surface area contributed by atoms with E-state index in [1.807, 2.05) is 17.8 Å². The third kappa shape index (κ3) is 3.95. The minimum absolute atomic E-state index is 0.0466. The molecule has 6 heteroatoms. The molecule has 1 aliphatic heterocycles. The molecule has 0 radical (unpaired) electrons. The molecule has 1 fully saturated rings. The molecule has 0 unspecified atom stereocenters. The van der Waals surface area contributed by atoms with Crippen LogP contribution in [0.3, 0.4) is 0 Å². The summed E-state index contributed by atoms with van der Waals surface area (Å²) in [5, 5.41) is 2.86. The number of furan rings is 1. The van der Waals surface area contributed by atoms with E-state index in [0.717, 1.165) is 30.2 Å². The number of hydrogen-bond acceptors (Lipinski definition) is 4. The number of carbonyl (C=O) groups excluding carboxylic acids is 1. The van der Waals surface area contributed by atoms with Gasteiger partial charge >= 0.3 is 0 Å². The second kappa shape index (κ2) is 7.66. The predicted octanol–water partition coefficient (Wildman–Crippen LogP) is 2.94. The fourth-order valence-corrected chi connectivity index (χ4v) is 3.67. The Balaban J connectivity index is 1.69.